The van der Waals surface area contributed by atoms with E-state index >= 15 is 0 Å². The Morgan fingerprint density at radius 3 is 1.67 bits per heavy atom. The van der Waals surface area contributed by atoms with Crippen molar-refractivity contribution in [3.63, 3.8) is 0 Å². The second-order valence-electron chi connectivity index (χ2n) is 10.7. The summed E-state index contributed by atoms with van der Waals surface area (Å²) in [5.41, 5.74) is 9.10. The Morgan fingerprint density at radius 2 is 1.12 bits per heavy atom. The second kappa shape index (κ2) is 10.4. The average molecular weight is 572 g/mol. The van der Waals surface area contributed by atoms with Gasteiger partial charge in [-0.2, -0.15) is 0 Å². The maximum atomic E-state index is 14.1. The first kappa shape index (κ1) is 26.3. The highest BCUT2D eigenvalue weighted by molar-refractivity contribution is 6.25. The van der Waals surface area contributed by atoms with Crippen LogP contribution in [0, 0.1) is 11.8 Å². The fourth-order valence-corrected chi connectivity index (χ4v) is 6.79. The van der Waals surface area contributed by atoms with Crippen LogP contribution in [0.15, 0.2) is 103 Å². The molecule has 8 rings (SSSR count). The molecule has 43 heavy (non-hydrogen) atoms. The number of hydrazine groups is 1. The van der Waals surface area contributed by atoms with Gasteiger partial charge in [-0.05, 0) is 46.5 Å². The molecule has 0 saturated carbocycles. The normalized spacial score (nSPS) is 21.0. The highest BCUT2D eigenvalue weighted by atomic mass is 16.5. The third-order valence-corrected chi connectivity index (χ3v) is 8.50. The molecule has 9 heteroatoms. The molecule has 1 fully saturated rings. The van der Waals surface area contributed by atoms with Gasteiger partial charge in [0.15, 0.2) is 6.61 Å². The SMILES string of the molecule is O=C(COC(=O)c1ccccc1N1C(=O)[C@@H]2C3c4ccccc4C(c4ccccc43)[C@H]2C1=O)NNC(=O)c1ccccc1. The maximum absolute atomic E-state index is 14.1. The summed E-state index contributed by atoms with van der Waals surface area (Å²) in [5, 5.41) is 0. The number of carbonyl (C=O) groups is 5. The number of amides is 4. The zero-order chi connectivity index (χ0) is 29.7. The molecular weight excluding hydrogens is 546 g/mol. The summed E-state index contributed by atoms with van der Waals surface area (Å²) < 4.78 is 5.22. The van der Waals surface area contributed by atoms with Crippen LogP contribution in [0.25, 0.3) is 0 Å². The summed E-state index contributed by atoms with van der Waals surface area (Å²) >= 11 is 0. The number of imide groups is 1. The molecule has 1 saturated heterocycles. The summed E-state index contributed by atoms with van der Waals surface area (Å²) in [7, 11) is 0. The maximum Gasteiger partial charge on any atom is 0.340 e. The number of ether oxygens (including phenoxy) is 1. The van der Waals surface area contributed by atoms with Gasteiger partial charge in [0.25, 0.3) is 11.8 Å². The monoisotopic (exact) mass is 571 g/mol. The number of para-hydroxylation sites is 1. The van der Waals surface area contributed by atoms with E-state index in [4.69, 9.17) is 4.74 Å². The zero-order valence-corrected chi connectivity index (χ0v) is 22.7. The smallest absolute Gasteiger partial charge is 0.340 e. The first-order valence-corrected chi connectivity index (χ1v) is 13.9. The number of benzene rings is 4. The van der Waals surface area contributed by atoms with E-state index in [2.05, 4.69) is 10.9 Å². The van der Waals surface area contributed by atoms with Crippen molar-refractivity contribution in [3.05, 3.63) is 137 Å². The lowest BCUT2D eigenvalue weighted by Gasteiger charge is -2.45. The van der Waals surface area contributed by atoms with E-state index < -0.39 is 36.2 Å². The number of hydrogen-bond donors (Lipinski definition) is 2. The first-order chi connectivity index (χ1) is 21.0. The summed E-state index contributed by atoms with van der Waals surface area (Å²) in [6, 6.07) is 30.4. The number of hydrogen-bond acceptors (Lipinski definition) is 6. The predicted octanol–water partition coefficient (Wildman–Crippen LogP) is 3.70. The number of nitrogens with one attached hydrogen (secondary N) is 2. The zero-order valence-electron chi connectivity index (χ0n) is 22.7. The van der Waals surface area contributed by atoms with Gasteiger partial charge in [0.05, 0.1) is 23.1 Å². The number of esters is 1. The lowest BCUT2D eigenvalue weighted by atomic mass is 9.55. The van der Waals surface area contributed by atoms with Gasteiger partial charge in [0.2, 0.25) is 11.8 Å². The fourth-order valence-electron chi connectivity index (χ4n) is 6.79. The molecule has 0 radical (unpaired) electrons. The van der Waals surface area contributed by atoms with Crippen molar-refractivity contribution in [3.8, 4) is 0 Å². The van der Waals surface area contributed by atoms with Crippen LogP contribution in [0.3, 0.4) is 0 Å². The van der Waals surface area contributed by atoms with Gasteiger partial charge in [0, 0.05) is 17.4 Å². The predicted molar refractivity (Wildman–Crippen MR) is 155 cm³/mol. The van der Waals surface area contributed by atoms with Crippen LogP contribution in [0.1, 0.15) is 54.8 Å². The van der Waals surface area contributed by atoms with E-state index in [9.17, 15) is 24.0 Å². The van der Waals surface area contributed by atoms with Gasteiger partial charge >= 0.3 is 5.97 Å². The Labute approximate surface area is 246 Å². The Morgan fingerprint density at radius 1 is 0.628 bits per heavy atom. The third kappa shape index (κ3) is 4.20. The Kier molecular flexibility index (Phi) is 6.35. The molecule has 1 heterocycles. The lowest BCUT2D eigenvalue weighted by molar-refractivity contribution is -0.125. The number of rotatable bonds is 5. The average Bonchev–Trinajstić information content (AvgIpc) is 3.32. The van der Waals surface area contributed by atoms with Crippen LogP contribution in [0.2, 0.25) is 0 Å². The third-order valence-electron chi connectivity index (χ3n) is 8.50. The molecule has 212 valence electrons. The van der Waals surface area contributed by atoms with Gasteiger partial charge in [-0.25, -0.2) is 9.69 Å². The van der Waals surface area contributed by atoms with Crippen molar-refractivity contribution in [2.45, 2.75) is 11.8 Å². The Bertz CT molecular complexity index is 1700. The molecule has 4 aromatic rings. The van der Waals surface area contributed by atoms with Crippen LogP contribution in [0.5, 0.6) is 0 Å². The molecule has 0 spiro atoms. The molecule has 3 aliphatic carbocycles. The molecule has 4 aromatic carbocycles. The van der Waals surface area contributed by atoms with E-state index in [1.54, 1.807) is 42.5 Å². The van der Waals surface area contributed by atoms with Crippen LogP contribution < -0.4 is 15.8 Å². The standard InChI is InChI=1S/C34H25N3O6/c38-26(35-36-31(39)19-10-2-1-3-11-19)18-43-34(42)24-16-8-9-17-25(24)37-32(40)29-27-20-12-4-5-13-21(20)28(30(29)33(37)41)23-15-7-6-14-22(23)27/h1-17,27-30H,18H2,(H,35,38)(H,36,39)/t27?,28?,29-,30-/m1/s1. The van der Waals surface area contributed by atoms with Gasteiger partial charge in [-0.15, -0.1) is 0 Å². The van der Waals surface area contributed by atoms with Crippen molar-refractivity contribution < 1.29 is 28.7 Å². The Hall–Kier alpha value is -5.57. The van der Waals surface area contributed by atoms with Crippen LogP contribution >= 0.6 is 0 Å². The molecule has 4 aliphatic rings. The quantitative estimate of drug-likeness (QED) is 0.214. The van der Waals surface area contributed by atoms with Crippen LogP contribution in [-0.2, 0) is 19.1 Å². The molecule has 2 N–H and O–H groups in total. The molecule has 2 atom stereocenters. The van der Waals surface area contributed by atoms with Crippen molar-refractivity contribution in [1.82, 2.24) is 10.9 Å². The second-order valence-corrected chi connectivity index (χ2v) is 10.7. The van der Waals surface area contributed by atoms with E-state index in [1.165, 1.54) is 12.1 Å². The number of carbonyl (C=O) groups excluding carboxylic acids is 5. The topological polar surface area (TPSA) is 122 Å². The summed E-state index contributed by atoms with van der Waals surface area (Å²) in [6.45, 7) is -0.690. The minimum Gasteiger partial charge on any atom is -0.452 e. The van der Waals surface area contributed by atoms with Gasteiger partial charge in [0.1, 0.15) is 0 Å². The molecule has 9 nitrogen and oxygen atoms in total. The van der Waals surface area contributed by atoms with Crippen molar-refractivity contribution >= 4 is 35.3 Å². The molecule has 0 unspecified atom stereocenters. The molecule has 2 bridgehead atoms. The van der Waals surface area contributed by atoms with Crippen LogP contribution in [0.4, 0.5) is 5.69 Å². The van der Waals surface area contributed by atoms with Crippen molar-refractivity contribution in [2.75, 3.05) is 11.5 Å². The van der Waals surface area contributed by atoms with E-state index in [-0.39, 0.29) is 34.9 Å². The largest absolute Gasteiger partial charge is 0.452 e. The Balaban J connectivity index is 1.12. The van der Waals surface area contributed by atoms with E-state index in [1.807, 2.05) is 48.5 Å². The number of anilines is 1. The van der Waals surface area contributed by atoms with Gasteiger partial charge < -0.3 is 4.74 Å². The molecule has 1 aliphatic heterocycles. The summed E-state index contributed by atoms with van der Waals surface area (Å²) in [4.78, 5) is 67.0. The summed E-state index contributed by atoms with van der Waals surface area (Å²) in [5.74, 6) is -4.68. The van der Waals surface area contributed by atoms with Gasteiger partial charge in [-0.1, -0.05) is 78.9 Å². The molecule has 4 amide bonds. The highest BCUT2D eigenvalue weighted by Gasteiger charge is 2.62. The summed E-state index contributed by atoms with van der Waals surface area (Å²) in [6.07, 6.45) is 0. The van der Waals surface area contributed by atoms with Crippen molar-refractivity contribution in [2.24, 2.45) is 11.8 Å². The van der Waals surface area contributed by atoms with Gasteiger partial charge in [-0.3, -0.25) is 30.0 Å². The highest BCUT2D eigenvalue weighted by Crippen LogP contribution is 2.61. The minimum atomic E-state index is -0.884. The number of nitrogens with zero attached hydrogens (tertiary/aromatic N) is 1. The van der Waals surface area contributed by atoms with E-state index in [0.29, 0.717) is 5.56 Å². The minimum absolute atomic E-state index is 0.0219. The van der Waals surface area contributed by atoms with Crippen LogP contribution in [-0.4, -0.2) is 36.2 Å². The fraction of sp³-hybridized carbons (Fsp3) is 0.147. The lowest BCUT2D eigenvalue weighted by Crippen LogP contribution is -2.43. The van der Waals surface area contributed by atoms with E-state index in [0.717, 1.165) is 27.2 Å². The van der Waals surface area contributed by atoms with Crippen molar-refractivity contribution in [1.29, 1.82) is 0 Å². The molecule has 0 aromatic heterocycles. The molecular formula is C34H25N3O6. The first-order valence-electron chi connectivity index (χ1n) is 13.9.